The lowest BCUT2D eigenvalue weighted by molar-refractivity contribution is 0.0883. The maximum absolute atomic E-state index is 12.9. The Morgan fingerprint density at radius 1 is 0.972 bits per heavy atom. The highest BCUT2D eigenvalue weighted by Gasteiger charge is 2.36. The minimum Gasteiger partial charge on any atom is -0.465 e. The highest BCUT2D eigenvalue weighted by atomic mass is 16.4. The van der Waals surface area contributed by atoms with Gasteiger partial charge in [0.05, 0.1) is 0 Å². The standard InChI is InChI=1S/C31H40N2O3/c1-31(2,3)29-21-27(17-20-33(29)30(35)36)25-10-12-26(13-11-25)28(34)14-9-23-15-18-32(19-16-23)22-24-7-5-4-6-8-24/h4-8,10-13,17,23,29H,9,14-16,18-22H2,1-3H3,(H,35,36). The molecule has 4 rings (SSSR count). The van der Waals surface area contributed by atoms with Crippen molar-refractivity contribution in [3.8, 4) is 0 Å². The van der Waals surface area contributed by atoms with Gasteiger partial charge in [0.1, 0.15) is 0 Å². The fraction of sp³-hybridized carbons (Fsp3) is 0.484. The average Bonchev–Trinajstić information content (AvgIpc) is 2.88. The van der Waals surface area contributed by atoms with Gasteiger partial charge in [-0.1, -0.05) is 81.4 Å². The first-order valence-corrected chi connectivity index (χ1v) is 13.3. The van der Waals surface area contributed by atoms with Gasteiger partial charge in [-0.3, -0.25) is 9.69 Å². The molecule has 1 N–H and O–H groups in total. The number of piperidine rings is 1. The molecule has 0 spiro atoms. The third-order valence-electron chi connectivity index (χ3n) is 7.88. The van der Waals surface area contributed by atoms with E-state index in [9.17, 15) is 14.7 Å². The predicted octanol–water partition coefficient (Wildman–Crippen LogP) is 6.74. The van der Waals surface area contributed by atoms with Crippen molar-refractivity contribution < 1.29 is 14.7 Å². The van der Waals surface area contributed by atoms with Gasteiger partial charge in [0, 0.05) is 31.1 Å². The number of amides is 1. The summed E-state index contributed by atoms with van der Waals surface area (Å²) in [5.74, 6) is 0.842. The monoisotopic (exact) mass is 488 g/mol. The average molecular weight is 489 g/mol. The topological polar surface area (TPSA) is 60.9 Å². The zero-order valence-electron chi connectivity index (χ0n) is 22.0. The Hall–Kier alpha value is -2.92. The van der Waals surface area contributed by atoms with Crippen molar-refractivity contribution in [2.75, 3.05) is 19.6 Å². The summed E-state index contributed by atoms with van der Waals surface area (Å²) in [5.41, 5.74) is 4.24. The molecule has 1 unspecified atom stereocenters. The van der Waals surface area contributed by atoms with Gasteiger partial charge in [0.25, 0.3) is 0 Å². The maximum atomic E-state index is 12.9. The highest BCUT2D eigenvalue weighted by molar-refractivity contribution is 5.96. The number of nitrogens with zero attached hydrogens (tertiary/aromatic N) is 2. The molecule has 0 bridgehead atoms. The number of likely N-dealkylation sites (tertiary alicyclic amines) is 1. The van der Waals surface area contributed by atoms with Crippen LogP contribution in [-0.2, 0) is 6.54 Å². The van der Waals surface area contributed by atoms with Gasteiger partial charge in [-0.2, -0.15) is 0 Å². The Bertz CT molecular complexity index is 1060. The Kier molecular flexibility index (Phi) is 8.30. The second kappa shape index (κ2) is 11.4. The summed E-state index contributed by atoms with van der Waals surface area (Å²) in [4.78, 5) is 28.6. The van der Waals surface area contributed by atoms with E-state index in [0.717, 1.165) is 55.6 Å². The van der Waals surface area contributed by atoms with Gasteiger partial charge >= 0.3 is 6.09 Å². The summed E-state index contributed by atoms with van der Waals surface area (Å²) < 4.78 is 0. The molecule has 5 heteroatoms. The van der Waals surface area contributed by atoms with E-state index in [1.54, 1.807) is 0 Å². The molecule has 1 atom stereocenters. The van der Waals surface area contributed by atoms with Crippen LogP contribution in [0.25, 0.3) is 5.57 Å². The summed E-state index contributed by atoms with van der Waals surface area (Å²) >= 11 is 0. The zero-order chi connectivity index (χ0) is 25.7. The number of rotatable bonds is 7. The lowest BCUT2D eigenvalue weighted by atomic mass is 9.79. The van der Waals surface area contributed by atoms with E-state index in [-0.39, 0.29) is 17.2 Å². The van der Waals surface area contributed by atoms with E-state index in [4.69, 9.17) is 0 Å². The van der Waals surface area contributed by atoms with Crippen LogP contribution in [0.2, 0.25) is 0 Å². The molecule has 0 aliphatic carbocycles. The molecule has 192 valence electrons. The van der Waals surface area contributed by atoms with Gasteiger partial charge in [0.2, 0.25) is 0 Å². The second-order valence-electron chi connectivity index (χ2n) is 11.5. The van der Waals surface area contributed by atoms with Gasteiger partial charge in [-0.15, -0.1) is 0 Å². The lowest BCUT2D eigenvalue weighted by Crippen LogP contribution is -2.48. The minimum atomic E-state index is -0.868. The summed E-state index contributed by atoms with van der Waals surface area (Å²) in [5, 5.41) is 9.60. The molecule has 0 radical (unpaired) electrons. The van der Waals surface area contributed by atoms with Crippen molar-refractivity contribution >= 4 is 17.4 Å². The van der Waals surface area contributed by atoms with E-state index < -0.39 is 6.09 Å². The maximum Gasteiger partial charge on any atom is 0.407 e. The Morgan fingerprint density at radius 2 is 1.64 bits per heavy atom. The minimum absolute atomic E-state index is 0.0737. The molecule has 1 amide bonds. The summed E-state index contributed by atoms with van der Waals surface area (Å²) in [6.45, 7) is 9.89. The summed E-state index contributed by atoms with van der Waals surface area (Å²) in [7, 11) is 0. The van der Waals surface area contributed by atoms with E-state index in [2.05, 4.69) is 56.0 Å². The van der Waals surface area contributed by atoms with E-state index in [1.165, 1.54) is 10.5 Å². The molecule has 36 heavy (non-hydrogen) atoms. The van der Waals surface area contributed by atoms with Gasteiger partial charge in [-0.25, -0.2) is 4.79 Å². The molecule has 2 aliphatic rings. The van der Waals surface area contributed by atoms with Crippen molar-refractivity contribution in [2.45, 2.75) is 65.5 Å². The van der Waals surface area contributed by atoms with Crippen LogP contribution in [-0.4, -0.2) is 52.5 Å². The van der Waals surface area contributed by atoms with Crippen LogP contribution < -0.4 is 0 Å². The molecule has 5 nitrogen and oxygen atoms in total. The smallest absolute Gasteiger partial charge is 0.407 e. The number of hydrogen-bond donors (Lipinski definition) is 1. The van der Waals surface area contributed by atoms with Crippen LogP contribution >= 0.6 is 0 Å². The fourth-order valence-corrected chi connectivity index (χ4v) is 5.58. The van der Waals surface area contributed by atoms with Crippen molar-refractivity contribution in [1.29, 1.82) is 0 Å². The molecule has 2 aromatic carbocycles. The zero-order valence-corrected chi connectivity index (χ0v) is 22.0. The number of Topliss-reactive ketones (excluding diaryl/α,β-unsaturated/α-hetero) is 1. The number of carboxylic acid groups (broad SMARTS) is 1. The lowest BCUT2D eigenvalue weighted by Gasteiger charge is -2.41. The first kappa shape index (κ1) is 26.2. The van der Waals surface area contributed by atoms with Crippen LogP contribution in [0.15, 0.2) is 60.7 Å². The van der Waals surface area contributed by atoms with E-state index in [1.807, 2.05) is 30.3 Å². The van der Waals surface area contributed by atoms with Crippen molar-refractivity contribution in [3.05, 3.63) is 77.4 Å². The Labute approximate surface area is 215 Å². The molecule has 1 fully saturated rings. The molecule has 2 aliphatic heterocycles. The van der Waals surface area contributed by atoms with Crippen molar-refractivity contribution in [3.63, 3.8) is 0 Å². The first-order valence-electron chi connectivity index (χ1n) is 13.3. The normalized spacial score (nSPS) is 19.7. The van der Waals surface area contributed by atoms with Crippen LogP contribution in [0.1, 0.15) is 74.4 Å². The SMILES string of the molecule is CC(C)(C)C1CC(c2ccc(C(=O)CCC3CCN(Cc4ccccc4)CC3)cc2)=CCN1C(=O)O. The van der Waals surface area contributed by atoms with Crippen molar-refractivity contribution in [1.82, 2.24) is 9.80 Å². The van der Waals surface area contributed by atoms with E-state index >= 15 is 0 Å². The van der Waals surface area contributed by atoms with Gasteiger partial charge < -0.3 is 10.0 Å². The largest absolute Gasteiger partial charge is 0.465 e. The molecular formula is C31H40N2O3. The second-order valence-corrected chi connectivity index (χ2v) is 11.5. The van der Waals surface area contributed by atoms with Crippen LogP contribution in [0.5, 0.6) is 0 Å². The molecule has 0 aromatic heterocycles. The summed E-state index contributed by atoms with van der Waals surface area (Å²) in [6.07, 6.45) is 5.72. The summed E-state index contributed by atoms with van der Waals surface area (Å²) in [6, 6.07) is 18.5. The number of carbonyl (C=O) groups is 2. The van der Waals surface area contributed by atoms with Gasteiger partial charge in [-0.05, 0) is 66.8 Å². The molecule has 2 aromatic rings. The quantitative estimate of drug-likeness (QED) is 0.438. The number of ketones is 1. The van der Waals surface area contributed by atoms with E-state index in [0.29, 0.717) is 25.3 Å². The number of carbonyl (C=O) groups excluding carboxylic acids is 1. The van der Waals surface area contributed by atoms with Crippen LogP contribution in [0.3, 0.4) is 0 Å². The molecule has 1 saturated heterocycles. The molecular weight excluding hydrogens is 448 g/mol. The highest BCUT2D eigenvalue weighted by Crippen LogP contribution is 2.36. The van der Waals surface area contributed by atoms with Crippen LogP contribution in [0, 0.1) is 11.3 Å². The molecule has 2 heterocycles. The number of hydrogen-bond acceptors (Lipinski definition) is 3. The fourth-order valence-electron chi connectivity index (χ4n) is 5.58. The molecule has 0 saturated carbocycles. The first-order chi connectivity index (χ1) is 17.2. The third-order valence-corrected chi connectivity index (χ3v) is 7.88. The predicted molar refractivity (Wildman–Crippen MR) is 145 cm³/mol. The van der Waals surface area contributed by atoms with Crippen molar-refractivity contribution in [2.24, 2.45) is 11.3 Å². The number of benzene rings is 2. The van der Waals surface area contributed by atoms with Gasteiger partial charge in [0.15, 0.2) is 5.78 Å². The Morgan fingerprint density at radius 3 is 2.25 bits per heavy atom. The Balaban J connectivity index is 1.27. The third kappa shape index (κ3) is 6.64. The van der Waals surface area contributed by atoms with Crippen LogP contribution in [0.4, 0.5) is 4.79 Å².